The molecule has 3 nitrogen and oxygen atoms in total. The number of halogens is 1. The van der Waals surface area contributed by atoms with Crippen LogP contribution in [0.4, 0.5) is 0 Å². The number of hydrogen-bond acceptors (Lipinski definition) is 1. The van der Waals surface area contributed by atoms with E-state index in [-0.39, 0.29) is 6.42 Å². The van der Waals surface area contributed by atoms with Crippen molar-refractivity contribution in [3.63, 3.8) is 0 Å². The summed E-state index contributed by atoms with van der Waals surface area (Å²) >= 11 is 3.41. The molecule has 0 bridgehead atoms. The molecule has 1 heterocycles. The third-order valence-electron chi connectivity index (χ3n) is 2.06. The van der Waals surface area contributed by atoms with Crippen LogP contribution in [0.1, 0.15) is 17.8 Å². The molecule has 72 valence electrons. The molecule has 0 saturated heterocycles. The molecule has 0 saturated carbocycles. The van der Waals surface area contributed by atoms with Crippen LogP contribution in [0.3, 0.4) is 0 Å². The first-order chi connectivity index (χ1) is 6.02. The van der Waals surface area contributed by atoms with Gasteiger partial charge in [-0.15, -0.1) is 0 Å². The Labute approximate surface area is 85.5 Å². The number of hydrogen-bond donors (Lipinski definition) is 1. The molecule has 0 spiro atoms. The van der Waals surface area contributed by atoms with Crippen LogP contribution in [0.2, 0.25) is 0 Å². The molecule has 0 unspecified atom stereocenters. The van der Waals surface area contributed by atoms with Gasteiger partial charge in [0, 0.05) is 22.4 Å². The minimum atomic E-state index is -0.761. The van der Waals surface area contributed by atoms with E-state index in [0.717, 1.165) is 15.9 Å². The highest BCUT2D eigenvalue weighted by Crippen LogP contribution is 2.20. The summed E-state index contributed by atoms with van der Waals surface area (Å²) in [5, 5.41) is 8.54. The van der Waals surface area contributed by atoms with Crippen molar-refractivity contribution in [1.82, 2.24) is 4.57 Å². The molecule has 0 aliphatic heterocycles. The maximum absolute atomic E-state index is 10.4. The average molecular weight is 246 g/mol. The van der Waals surface area contributed by atoms with Gasteiger partial charge in [-0.25, -0.2) is 0 Å². The van der Waals surface area contributed by atoms with Gasteiger partial charge < -0.3 is 9.67 Å². The molecule has 0 amide bonds. The van der Waals surface area contributed by atoms with Gasteiger partial charge in [0.2, 0.25) is 0 Å². The fourth-order valence-corrected chi connectivity index (χ4v) is 1.86. The number of aliphatic carboxylic acids is 1. The summed E-state index contributed by atoms with van der Waals surface area (Å²) in [4.78, 5) is 10.4. The number of rotatable bonds is 3. The molecule has 0 aliphatic carbocycles. The van der Waals surface area contributed by atoms with Gasteiger partial charge in [-0.1, -0.05) is 0 Å². The lowest BCUT2D eigenvalue weighted by molar-refractivity contribution is -0.137. The number of aryl methyl sites for hydroxylation is 1. The van der Waals surface area contributed by atoms with Crippen LogP contribution in [-0.4, -0.2) is 15.6 Å². The van der Waals surface area contributed by atoms with Gasteiger partial charge in [-0.05, 0) is 35.8 Å². The first-order valence-electron chi connectivity index (χ1n) is 4.06. The summed E-state index contributed by atoms with van der Waals surface area (Å²) in [5.41, 5.74) is 2.17. The smallest absolute Gasteiger partial charge is 0.305 e. The standard InChI is InChI=1S/C9H12BrNO2/c1-6-5-8(10)7(2)11(6)4-3-9(12)13/h5H,3-4H2,1-2H3,(H,12,13). The third-order valence-corrected chi connectivity index (χ3v) is 2.86. The summed E-state index contributed by atoms with van der Waals surface area (Å²) in [6.07, 6.45) is 0.169. The van der Waals surface area contributed by atoms with Gasteiger partial charge in [0.1, 0.15) is 0 Å². The zero-order valence-corrected chi connectivity index (χ0v) is 9.26. The summed E-state index contributed by atoms with van der Waals surface area (Å²) in [7, 11) is 0. The van der Waals surface area contributed by atoms with Crippen molar-refractivity contribution in [3.8, 4) is 0 Å². The zero-order chi connectivity index (χ0) is 10.0. The summed E-state index contributed by atoms with van der Waals surface area (Å²) in [6.45, 7) is 4.48. The second-order valence-corrected chi connectivity index (χ2v) is 3.87. The average Bonchev–Trinajstić information content (AvgIpc) is 2.24. The SMILES string of the molecule is Cc1cc(Br)c(C)n1CCC(=O)O. The van der Waals surface area contributed by atoms with E-state index in [1.807, 2.05) is 24.5 Å². The summed E-state index contributed by atoms with van der Waals surface area (Å²) in [6, 6.07) is 2.00. The van der Waals surface area contributed by atoms with Gasteiger partial charge in [0.15, 0.2) is 0 Å². The summed E-state index contributed by atoms with van der Waals surface area (Å²) < 4.78 is 3.04. The van der Waals surface area contributed by atoms with E-state index in [1.165, 1.54) is 0 Å². The van der Waals surface area contributed by atoms with Gasteiger partial charge in [-0.3, -0.25) is 4.79 Å². The number of aromatic nitrogens is 1. The van der Waals surface area contributed by atoms with Crippen molar-refractivity contribution in [3.05, 3.63) is 21.9 Å². The lowest BCUT2D eigenvalue weighted by Crippen LogP contribution is -2.07. The molecular weight excluding hydrogens is 234 g/mol. The van der Waals surface area contributed by atoms with E-state index >= 15 is 0 Å². The maximum atomic E-state index is 10.4. The Kier molecular flexibility index (Phi) is 3.14. The number of carbonyl (C=O) groups is 1. The van der Waals surface area contributed by atoms with Gasteiger partial charge >= 0.3 is 5.97 Å². The Hall–Kier alpha value is -0.770. The molecule has 0 aromatic carbocycles. The number of nitrogens with zero attached hydrogens (tertiary/aromatic N) is 1. The fraction of sp³-hybridized carbons (Fsp3) is 0.444. The zero-order valence-electron chi connectivity index (χ0n) is 7.67. The van der Waals surface area contributed by atoms with Crippen molar-refractivity contribution < 1.29 is 9.90 Å². The molecule has 1 rings (SSSR count). The van der Waals surface area contributed by atoms with Crippen LogP contribution in [0.5, 0.6) is 0 Å². The van der Waals surface area contributed by atoms with Crippen LogP contribution in [0.25, 0.3) is 0 Å². The van der Waals surface area contributed by atoms with E-state index in [1.54, 1.807) is 0 Å². The Balaban J connectivity index is 2.81. The fourth-order valence-electron chi connectivity index (χ4n) is 1.31. The molecule has 0 fully saturated rings. The highest BCUT2D eigenvalue weighted by molar-refractivity contribution is 9.10. The normalized spacial score (nSPS) is 10.4. The van der Waals surface area contributed by atoms with Crippen LogP contribution in [-0.2, 0) is 11.3 Å². The Morgan fingerprint density at radius 1 is 1.62 bits per heavy atom. The molecule has 4 heteroatoms. The molecular formula is C9H12BrNO2. The lowest BCUT2D eigenvalue weighted by Gasteiger charge is -2.06. The van der Waals surface area contributed by atoms with Crippen molar-refractivity contribution in [1.29, 1.82) is 0 Å². The van der Waals surface area contributed by atoms with E-state index in [9.17, 15) is 4.79 Å². The van der Waals surface area contributed by atoms with Gasteiger partial charge in [0.05, 0.1) is 6.42 Å². The lowest BCUT2D eigenvalue weighted by atomic mass is 10.4. The van der Waals surface area contributed by atoms with Crippen LogP contribution >= 0.6 is 15.9 Å². The number of carboxylic acids is 1. The topological polar surface area (TPSA) is 42.2 Å². The van der Waals surface area contributed by atoms with Crippen molar-refractivity contribution >= 4 is 21.9 Å². The maximum Gasteiger partial charge on any atom is 0.305 e. The molecule has 1 aromatic rings. The van der Waals surface area contributed by atoms with E-state index < -0.39 is 5.97 Å². The highest BCUT2D eigenvalue weighted by Gasteiger charge is 2.07. The molecule has 1 aromatic heterocycles. The largest absolute Gasteiger partial charge is 0.481 e. The van der Waals surface area contributed by atoms with Crippen LogP contribution in [0, 0.1) is 13.8 Å². The minimum absolute atomic E-state index is 0.169. The first-order valence-corrected chi connectivity index (χ1v) is 4.85. The minimum Gasteiger partial charge on any atom is -0.481 e. The van der Waals surface area contributed by atoms with E-state index in [4.69, 9.17) is 5.11 Å². The molecule has 1 N–H and O–H groups in total. The van der Waals surface area contributed by atoms with E-state index in [2.05, 4.69) is 15.9 Å². The third kappa shape index (κ3) is 2.34. The first kappa shape index (κ1) is 10.3. The van der Waals surface area contributed by atoms with Crippen molar-refractivity contribution in [2.75, 3.05) is 0 Å². The van der Waals surface area contributed by atoms with Gasteiger partial charge in [-0.2, -0.15) is 0 Å². The monoisotopic (exact) mass is 245 g/mol. The molecule has 0 atom stereocenters. The molecule has 13 heavy (non-hydrogen) atoms. The predicted octanol–water partition coefficient (Wildman–Crippen LogP) is 2.34. The molecule has 0 aliphatic rings. The van der Waals surface area contributed by atoms with E-state index in [0.29, 0.717) is 6.54 Å². The van der Waals surface area contributed by atoms with Gasteiger partial charge in [0.25, 0.3) is 0 Å². The Bertz CT molecular complexity index is 331. The Morgan fingerprint density at radius 2 is 2.23 bits per heavy atom. The predicted molar refractivity (Wildman–Crippen MR) is 53.9 cm³/mol. The van der Waals surface area contributed by atoms with Crippen LogP contribution < -0.4 is 0 Å². The Morgan fingerprint density at radius 3 is 2.62 bits per heavy atom. The quantitative estimate of drug-likeness (QED) is 0.889. The van der Waals surface area contributed by atoms with Crippen LogP contribution in [0.15, 0.2) is 10.5 Å². The van der Waals surface area contributed by atoms with Crippen molar-refractivity contribution in [2.24, 2.45) is 0 Å². The highest BCUT2D eigenvalue weighted by atomic mass is 79.9. The number of carboxylic acid groups (broad SMARTS) is 1. The van der Waals surface area contributed by atoms with Crippen molar-refractivity contribution in [2.45, 2.75) is 26.8 Å². The second-order valence-electron chi connectivity index (χ2n) is 3.01. The molecule has 0 radical (unpaired) electrons. The second kappa shape index (κ2) is 3.96. The summed E-state index contributed by atoms with van der Waals surface area (Å²) in [5.74, 6) is -0.761.